The minimum Gasteiger partial charge on any atom is -0.135 e. The molecule has 0 aliphatic carbocycles. The molecule has 0 nitrogen and oxygen atoms in total. The van der Waals surface area contributed by atoms with E-state index >= 15 is 0 Å². The summed E-state index contributed by atoms with van der Waals surface area (Å²) >= 11 is 1.89. The Hall–Kier alpha value is -4.72. The molecule has 0 bridgehead atoms. The van der Waals surface area contributed by atoms with Crippen molar-refractivity contribution in [3.05, 3.63) is 146 Å². The van der Waals surface area contributed by atoms with Gasteiger partial charge in [-0.1, -0.05) is 133 Å². The summed E-state index contributed by atoms with van der Waals surface area (Å²) in [7, 11) is 0. The molecule has 182 valence electrons. The van der Waals surface area contributed by atoms with Gasteiger partial charge in [0.25, 0.3) is 0 Å². The lowest BCUT2D eigenvalue weighted by atomic mass is 9.86. The van der Waals surface area contributed by atoms with Crippen LogP contribution in [0.1, 0.15) is 0 Å². The maximum absolute atomic E-state index is 2.37. The van der Waals surface area contributed by atoms with E-state index in [2.05, 4.69) is 146 Å². The van der Waals surface area contributed by atoms with Crippen LogP contribution >= 0.6 is 11.3 Å². The van der Waals surface area contributed by atoms with E-state index in [1.54, 1.807) is 0 Å². The Bertz CT molecular complexity index is 2180. The molecule has 0 amide bonds. The molecule has 1 aromatic heterocycles. The molecule has 7 aromatic carbocycles. The van der Waals surface area contributed by atoms with Crippen LogP contribution in [-0.4, -0.2) is 0 Å². The van der Waals surface area contributed by atoms with Gasteiger partial charge in [0.15, 0.2) is 0 Å². The molecular weight excluding hydrogens is 488 g/mol. The first-order chi connectivity index (χ1) is 19.4. The standard InChI is InChI=1S/C38H24S/c1-2-13-26-25(12-1)24-36(31-18-7-3-14-27(26)31)32-19-8-5-16-29(32)28-15-4-6-17-30(28)34-21-11-22-35-33-20-9-10-23-37(33)39-38(34)35/h1-24H. The fourth-order valence-corrected chi connectivity index (χ4v) is 7.37. The van der Waals surface area contributed by atoms with E-state index < -0.39 is 0 Å². The van der Waals surface area contributed by atoms with E-state index in [0.29, 0.717) is 0 Å². The second-order valence-electron chi connectivity index (χ2n) is 10.1. The molecule has 0 atom stereocenters. The Morgan fingerprint density at radius 3 is 1.54 bits per heavy atom. The van der Waals surface area contributed by atoms with Gasteiger partial charge in [-0.05, 0) is 61.5 Å². The zero-order chi connectivity index (χ0) is 25.8. The lowest BCUT2D eigenvalue weighted by Crippen LogP contribution is -1.91. The number of hydrogen-bond donors (Lipinski definition) is 0. The Kier molecular flexibility index (Phi) is 5.11. The van der Waals surface area contributed by atoms with Crippen molar-refractivity contribution in [3.63, 3.8) is 0 Å². The van der Waals surface area contributed by atoms with Crippen LogP contribution in [0.5, 0.6) is 0 Å². The molecule has 8 rings (SSSR count). The maximum atomic E-state index is 2.37. The lowest BCUT2D eigenvalue weighted by molar-refractivity contribution is 1.59. The summed E-state index contributed by atoms with van der Waals surface area (Å²) < 4.78 is 2.68. The van der Waals surface area contributed by atoms with Gasteiger partial charge in [-0.3, -0.25) is 0 Å². The molecule has 0 fully saturated rings. The quantitative estimate of drug-likeness (QED) is 0.207. The summed E-state index contributed by atoms with van der Waals surface area (Å²) in [6.07, 6.45) is 0. The monoisotopic (exact) mass is 512 g/mol. The Balaban J connectivity index is 1.41. The molecular formula is C38H24S. The number of hydrogen-bond acceptors (Lipinski definition) is 1. The molecule has 0 aliphatic heterocycles. The third-order valence-corrected chi connectivity index (χ3v) is 9.12. The zero-order valence-corrected chi connectivity index (χ0v) is 22.1. The molecule has 1 heterocycles. The van der Waals surface area contributed by atoms with E-state index in [1.165, 1.54) is 75.1 Å². The highest BCUT2D eigenvalue weighted by molar-refractivity contribution is 7.26. The highest BCUT2D eigenvalue weighted by atomic mass is 32.1. The summed E-state index contributed by atoms with van der Waals surface area (Å²) in [4.78, 5) is 0. The SMILES string of the molecule is c1ccc(-c2cc3ccccc3c3ccccc23)c(-c2ccccc2-c2cccc3c2sc2ccccc23)c1. The number of fused-ring (bicyclic) bond motifs is 6. The van der Waals surface area contributed by atoms with Gasteiger partial charge in [0.2, 0.25) is 0 Å². The Morgan fingerprint density at radius 2 is 0.795 bits per heavy atom. The molecule has 0 N–H and O–H groups in total. The van der Waals surface area contributed by atoms with Gasteiger partial charge < -0.3 is 0 Å². The molecule has 0 spiro atoms. The van der Waals surface area contributed by atoms with E-state index in [0.717, 1.165) is 0 Å². The molecule has 0 saturated carbocycles. The van der Waals surface area contributed by atoms with Gasteiger partial charge in [0.1, 0.15) is 0 Å². The van der Waals surface area contributed by atoms with Crippen LogP contribution in [0.15, 0.2) is 146 Å². The number of rotatable bonds is 3. The third kappa shape index (κ3) is 3.51. The minimum absolute atomic E-state index is 1.26. The van der Waals surface area contributed by atoms with E-state index in [9.17, 15) is 0 Å². The van der Waals surface area contributed by atoms with Gasteiger partial charge in [0.05, 0.1) is 0 Å². The average Bonchev–Trinajstić information content (AvgIpc) is 3.40. The zero-order valence-electron chi connectivity index (χ0n) is 21.3. The van der Waals surface area contributed by atoms with E-state index in [1.807, 2.05) is 11.3 Å². The second kappa shape index (κ2) is 8.94. The fourth-order valence-electron chi connectivity index (χ4n) is 6.14. The molecule has 1 heteroatoms. The van der Waals surface area contributed by atoms with Crippen molar-refractivity contribution in [2.75, 3.05) is 0 Å². The Morgan fingerprint density at radius 1 is 0.308 bits per heavy atom. The minimum atomic E-state index is 1.26. The molecule has 39 heavy (non-hydrogen) atoms. The van der Waals surface area contributed by atoms with Gasteiger partial charge in [-0.15, -0.1) is 11.3 Å². The van der Waals surface area contributed by atoms with E-state index in [4.69, 9.17) is 0 Å². The summed E-state index contributed by atoms with van der Waals surface area (Å²) in [5, 5.41) is 7.81. The Labute approximate surface area is 231 Å². The first kappa shape index (κ1) is 22.3. The lowest BCUT2D eigenvalue weighted by Gasteiger charge is -2.17. The highest BCUT2D eigenvalue weighted by Gasteiger charge is 2.17. The average molecular weight is 513 g/mol. The largest absolute Gasteiger partial charge is 0.135 e. The maximum Gasteiger partial charge on any atom is 0.0434 e. The molecule has 8 aromatic rings. The first-order valence-corrected chi connectivity index (χ1v) is 14.2. The molecule has 0 saturated heterocycles. The normalized spacial score (nSPS) is 11.6. The van der Waals surface area contributed by atoms with E-state index in [-0.39, 0.29) is 0 Å². The fraction of sp³-hybridized carbons (Fsp3) is 0. The summed E-state index contributed by atoms with van der Waals surface area (Å²) in [6, 6.07) is 53.2. The smallest absolute Gasteiger partial charge is 0.0434 e. The van der Waals surface area contributed by atoms with Gasteiger partial charge >= 0.3 is 0 Å². The van der Waals surface area contributed by atoms with Crippen LogP contribution in [0.3, 0.4) is 0 Å². The predicted molar refractivity (Wildman–Crippen MR) is 171 cm³/mol. The van der Waals surface area contributed by atoms with Crippen molar-refractivity contribution < 1.29 is 0 Å². The molecule has 0 radical (unpaired) electrons. The van der Waals surface area contributed by atoms with Gasteiger partial charge in [0, 0.05) is 25.7 Å². The predicted octanol–water partition coefficient (Wildman–Crippen LogP) is 11.4. The molecule has 0 unspecified atom stereocenters. The van der Waals surface area contributed by atoms with Crippen molar-refractivity contribution in [2.24, 2.45) is 0 Å². The summed E-state index contributed by atoms with van der Waals surface area (Å²) in [5.74, 6) is 0. The number of thiophene rings is 1. The first-order valence-electron chi connectivity index (χ1n) is 13.4. The van der Waals surface area contributed by atoms with Gasteiger partial charge in [-0.2, -0.15) is 0 Å². The van der Waals surface area contributed by atoms with Crippen LogP contribution in [0.25, 0.3) is 75.1 Å². The van der Waals surface area contributed by atoms with Crippen LogP contribution in [0, 0.1) is 0 Å². The van der Waals surface area contributed by atoms with Crippen molar-refractivity contribution in [2.45, 2.75) is 0 Å². The van der Waals surface area contributed by atoms with Crippen molar-refractivity contribution in [3.8, 4) is 33.4 Å². The molecule has 0 aliphatic rings. The second-order valence-corrected chi connectivity index (χ2v) is 11.1. The highest BCUT2D eigenvalue weighted by Crippen LogP contribution is 2.45. The van der Waals surface area contributed by atoms with Crippen molar-refractivity contribution in [1.82, 2.24) is 0 Å². The third-order valence-electron chi connectivity index (χ3n) is 7.90. The topological polar surface area (TPSA) is 0 Å². The summed E-state index contributed by atoms with van der Waals surface area (Å²) in [5.41, 5.74) is 7.61. The van der Waals surface area contributed by atoms with Crippen LogP contribution in [0.2, 0.25) is 0 Å². The van der Waals surface area contributed by atoms with Crippen molar-refractivity contribution >= 4 is 53.1 Å². The van der Waals surface area contributed by atoms with Gasteiger partial charge in [-0.25, -0.2) is 0 Å². The van der Waals surface area contributed by atoms with Crippen LogP contribution in [0.4, 0.5) is 0 Å². The van der Waals surface area contributed by atoms with Crippen molar-refractivity contribution in [1.29, 1.82) is 0 Å². The van der Waals surface area contributed by atoms with Crippen LogP contribution < -0.4 is 0 Å². The number of benzene rings is 7. The van der Waals surface area contributed by atoms with Crippen LogP contribution in [-0.2, 0) is 0 Å². The summed E-state index contributed by atoms with van der Waals surface area (Å²) in [6.45, 7) is 0.